The van der Waals surface area contributed by atoms with E-state index in [1.54, 1.807) is 0 Å². The molecule has 1 aromatic rings. The molecule has 0 amide bonds. The lowest BCUT2D eigenvalue weighted by Gasteiger charge is -2.21. The summed E-state index contributed by atoms with van der Waals surface area (Å²) in [6.07, 6.45) is 1.11. The molecule has 0 aromatic carbocycles. The van der Waals surface area contributed by atoms with Crippen LogP contribution in [0.2, 0.25) is 0 Å². The van der Waals surface area contributed by atoms with Crippen LogP contribution in [0.4, 0.5) is 8.78 Å². The Balaban J connectivity index is 3.10. The number of aliphatic hydroxyl groups excluding tert-OH is 1. The van der Waals surface area contributed by atoms with E-state index in [0.717, 1.165) is 12.3 Å². The van der Waals surface area contributed by atoms with E-state index in [-0.39, 0.29) is 12.2 Å². The normalized spacial score (nSPS) is 15.5. The van der Waals surface area contributed by atoms with Gasteiger partial charge in [0.1, 0.15) is 0 Å². The standard InChI is InChI=1S/C8H10F2N2O/c1-8(11,4-13)5-2-6(9)7(10)12-3-5/h2-3,13H,4,11H2,1H3. The summed E-state index contributed by atoms with van der Waals surface area (Å²) in [5, 5.41) is 8.84. The summed E-state index contributed by atoms with van der Waals surface area (Å²) >= 11 is 0. The van der Waals surface area contributed by atoms with Gasteiger partial charge in [0.15, 0.2) is 5.82 Å². The zero-order chi connectivity index (χ0) is 10.1. The number of rotatable bonds is 2. The van der Waals surface area contributed by atoms with Gasteiger partial charge in [-0.2, -0.15) is 4.39 Å². The van der Waals surface area contributed by atoms with Crippen LogP contribution in [0.25, 0.3) is 0 Å². The van der Waals surface area contributed by atoms with Crippen LogP contribution in [-0.2, 0) is 5.54 Å². The van der Waals surface area contributed by atoms with Gasteiger partial charge in [0.2, 0.25) is 5.95 Å². The third kappa shape index (κ3) is 1.99. The molecule has 0 bridgehead atoms. The predicted octanol–water partition coefficient (Wildman–Crippen LogP) is 0.526. The van der Waals surface area contributed by atoms with Crippen LogP contribution in [0.1, 0.15) is 12.5 Å². The Bertz CT molecular complexity index is 315. The third-order valence-corrected chi connectivity index (χ3v) is 1.78. The number of hydrogen-bond donors (Lipinski definition) is 2. The van der Waals surface area contributed by atoms with Crippen molar-refractivity contribution in [2.75, 3.05) is 6.61 Å². The molecule has 1 rings (SSSR count). The second-order valence-corrected chi connectivity index (χ2v) is 3.07. The maximum Gasteiger partial charge on any atom is 0.248 e. The average molecular weight is 188 g/mol. The van der Waals surface area contributed by atoms with Crippen LogP contribution in [0.3, 0.4) is 0 Å². The van der Waals surface area contributed by atoms with Gasteiger partial charge in [-0.05, 0) is 18.6 Å². The molecule has 0 aliphatic carbocycles. The number of aliphatic hydroxyl groups is 1. The van der Waals surface area contributed by atoms with Crippen molar-refractivity contribution in [1.29, 1.82) is 0 Å². The van der Waals surface area contributed by atoms with Crippen molar-refractivity contribution in [3.8, 4) is 0 Å². The van der Waals surface area contributed by atoms with E-state index in [1.807, 2.05) is 0 Å². The molecule has 3 N–H and O–H groups in total. The minimum Gasteiger partial charge on any atom is -0.394 e. The summed E-state index contributed by atoms with van der Waals surface area (Å²) in [7, 11) is 0. The van der Waals surface area contributed by atoms with Gasteiger partial charge in [-0.15, -0.1) is 0 Å². The molecular weight excluding hydrogens is 178 g/mol. The fraction of sp³-hybridized carbons (Fsp3) is 0.375. The van der Waals surface area contributed by atoms with Gasteiger partial charge >= 0.3 is 0 Å². The van der Waals surface area contributed by atoms with Crippen molar-refractivity contribution in [2.24, 2.45) is 5.73 Å². The van der Waals surface area contributed by atoms with Crippen molar-refractivity contribution >= 4 is 0 Å². The first-order valence-corrected chi connectivity index (χ1v) is 3.68. The van der Waals surface area contributed by atoms with Crippen molar-refractivity contribution in [3.63, 3.8) is 0 Å². The van der Waals surface area contributed by atoms with E-state index >= 15 is 0 Å². The number of pyridine rings is 1. The first-order chi connectivity index (χ1) is 5.97. The van der Waals surface area contributed by atoms with Gasteiger partial charge < -0.3 is 10.8 Å². The summed E-state index contributed by atoms with van der Waals surface area (Å²) in [5.41, 5.74) is 4.74. The molecule has 13 heavy (non-hydrogen) atoms. The Hall–Kier alpha value is -1.07. The minimum atomic E-state index is -1.17. The summed E-state index contributed by atoms with van der Waals surface area (Å²) in [5.74, 6) is -2.24. The van der Waals surface area contributed by atoms with E-state index in [1.165, 1.54) is 6.92 Å². The number of aromatic nitrogens is 1. The minimum absolute atomic E-state index is 0.258. The lowest BCUT2D eigenvalue weighted by molar-refractivity contribution is 0.209. The van der Waals surface area contributed by atoms with Gasteiger partial charge in [0, 0.05) is 6.20 Å². The second kappa shape index (κ2) is 3.35. The van der Waals surface area contributed by atoms with Crippen LogP contribution in [0.5, 0.6) is 0 Å². The van der Waals surface area contributed by atoms with Crippen LogP contribution in [-0.4, -0.2) is 16.7 Å². The lowest BCUT2D eigenvalue weighted by Crippen LogP contribution is -2.37. The lowest BCUT2D eigenvalue weighted by atomic mass is 9.96. The summed E-state index contributed by atoms with van der Waals surface area (Å²) in [4.78, 5) is 3.16. The van der Waals surface area contributed by atoms with Gasteiger partial charge in [-0.25, -0.2) is 9.37 Å². The van der Waals surface area contributed by atoms with Gasteiger partial charge in [0.25, 0.3) is 0 Å². The van der Waals surface area contributed by atoms with Crippen molar-refractivity contribution < 1.29 is 13.9 Å². The molecule has 1 heterocycles. The Morgan fingerprint density at radius 3 is 2.69 bits per heavy atom. The smallest absolute Gasteiger partial charge is 0.248 e. The Kier molecular flexibility index (Phi) is 2.58. The SMILES string of the molecule is CC(N)(CO)c1cnc(F)c(F)c1. The zero-order valence-corrected chi connectivity index (χ0v) is 7.09. The highest BCUT2D eigenvalue weighted by Gasteiger charge is 2.21. The molecule has 3 nitrogen and oxygen atoms in total. The van der Waals surface area contributed by atoms with Crippen LogP contribution < -0.4 is 5.73 Å². The molecule has 5 heteroatoms. The van der Waals surface area contributed by atoms with Crippen LogP contribution in [0.15, 0.2) is 12.3 Å². The van der Waals surface area contributed by atoms with Crippen LogP contribution in [0, 0.1) is 11.8 Å². The van der Waals surface area contributed by atoms with Gasteiger partial charge in [-0.3, -0.25) is 0 Å². The molecule has 0 saturated heterocycles. The highest BCUT2D eigenvalue weighted by molar-refractivity contribution is 5.20. The molecule has 1 unspecified atom stereocenters. The van der Waals surface area contributed by atoms with Gasteiger partial charge in [0.05, 0.1) is 12.1 Å². The van der Waals surface area contributed by atoms with E-state index in [2.05, 4.69) is 4.98 Å². The monoisotopic (exact) mass is 188 g/mol. The molecule has 72 valence electrons. The van der Waals surface area contributed by atoms with E-state index < -0.39 is 17.3 Å². The molecule has 1 atom stereocenters. The first-order valence-electron chi connectivity index (χ1n) is 3.68. The highest BCUT2D eigenvalue weighted by Crippen LogP contribution is 2.17. The Morgan fingerprint density at radius 1 is 1.62 bits per heavy atom. The predicted molar refractivity (Wildman–Crippen MR) is 42.8 cm³/mol. The molecule has 0 fully saturated rings. The molecule has 0 radical (unpaired) electrons. The van der Waals surface area contributed by atoms with Crippen molar-refractivity contribution in [1.82, 2.24) is 4.98 Å². The number of hydrogen-bond acceptors (Lipinski definition) is 3. The van der Waals surface area contributed by atoms with E-state index in [4.69, 9.17) is 10.8 Å². The molecule has 1 aromatic heterocycles. The largest absolute Gasteiger partial charge is 0.394 e. The third-order valence-electron chi connectivity index (χ3n) is 1.78. The number of nitrogens with zero attached hydrogens (tertiary/aromatic N) is 1. The number of nitrogens with two attached hydrogens (primary N) is 1. The summed E-state index contributed by atoms with van der Waals surface area (Å²) < 4.78 is 25.1. The maximum absolute atomic E-state index is 12.7. The number of halogens is 2. The molecule has 0 aliphatic heterocycles. The molecule has 0 spiro atoms. The molecule has 0 saturated carbocycles. The Morgan fingerprint density at radius 2 is 2.23 bits per heavy atom. The summed E-state index contributed by atoms with van der Waals surface area (Å²) in [6.45, 7) is 1.14. The van der Waals surface area contributed by atoms with E-state index in [0.29, 0.717) is 0 Å². The topological polar surface area (TPSA) is 59.1 Å². The first kappa shape index (κ1) is 10.0. The average Bonchev–Trinajstić information content (AvgIpc) is 2.09. The molecular formula is C8H10F2N2O. The maximum atomic E-state index is 12.7. The van der Waals surface area contributed by atoms with Gasteiger partial charge in [-0.1, -0.05) is 0 Å². The Labute approximate surface area is 74.2 Å². The quantitative estimate of drug-likeness (QED) is 0.665. The summed E-state index contributed by atoms with van der Waals surface area (Å²) in [6, 6.07) is 0.929. The van der Waals surface area contributed by atoms with E-state index in [9.17, 15) is 8.78 Å². The zero-order valence-electron chi connectivity index (χ0n) is 7.09. The van der Waals surface area contributed by atoms with Crippen LogP contribution >= 0.6 is 0 Å². The molecule has 0 aliphatic rings. The second-order valence-electron chi connectivity index (χ2n) is 3.07. The fourth-order valence-corrected chi connectivity index (χ4v) is 0.825. The fourth-order valence-electron chi connectivity index (χ4n) is 0.825. The van der Waals surface area contributed by atoms with Crippen molar-refractivity contribution in [3.05, 3.63) is 29.6 Å². The van der Waals surface area contributed by atoms with Crippen molar-refractivity contribution in [2.45, 2.75) is 12.5 Å². The highest BCUT2D eigenvalue weighted by atomic mass is 19.2.